The number of nitrogens with zero attached hydrogens (tertiary/aromatic N) is 1. The Morgan fingerprint density at radius 3 is 2.10 bits per heavy atom. The first-order valence-corrected chi connectivity index (χ1v) is 13.9. The van der Waals surface area contributed by atoms with E-state index in [-0.39, 0.29) is 39.0 Å². The number of rotatable bonds is 17. The van der Waals surface area contributed by atoms with Gasteiger partial charge in [0.2, 0.25) is 5.92 Å². The maximum Gasteiger partial charge on any atom is 0.415 e. The molecule has 0 radical (unpaired) electrons. The predicted molar refractivity (Wildman–Crippen MR) is 154 cm³/mol. The lowest BCUT2D eigenvalue weighted by molar-refractivity contribution is -0.149. The molecule has 8 nitrogen and oxygen atoms in total. The van der Waals surface area contributed by atoms with Gasteiger partial charge < -0.3 is 29.0 Å². The Bertz CT molecular complexity index is 1230. The van der Waals surface area contributed by atoms with Crippen LogP contribution < -0.4 is 14.2 Å². The molecular formula is C32H37F2NO7. The molecule has 0 spiro atoms. The monoisotopic (exact) mass is 585 g/mol. The van der Waals surface area contributed by atoms with E-state index in [1.165, 1.54) is 4.90 Å². The van der Waals surface area contributed by atoms with Crippen molar-refractivity contribution in [2.45, 2.75) is 51.6 Å². The van der Waals surface area contributed by atoms with Crippen molar-refractivity contribution in [2.75, 3.05) is 26.3 Å². The van der Waals surface area contributed by atoms with Gasteiger partial charge >= 0.3 is 12.1 Å². The number of hydrogen-bond acceptors (Lipinski definition) is 6. The van der Waals surface area contributed by atoms with Gasteiger partial charge in [-0.15, -0.1) is 0 Å². The molecule has 0 bridgehead atoms. The fourth-order valence-electron chi connectivity index (χ4n) is 4.03. The van der Waals surface area contributed by atoms with E-state index in [1.807, 2.05) is 30.3 Å². The minimum absolute atomic E-state index is 0.138. The van der Waals surface area contributed by atoms with Crippen molar-refractivity contribution in [3.63, 3.8) is 0 Å². The molecule has 1 unspecified atom stereocenters. The number of amides is 1. The van der Waals surface area contributed by atoms with Crippen LogP contribution in [0, 0.1) is 0 Å². The molecule has 226 valence electrons. The highest BCUT2D eigenvalue weighted by molar-refractivity contribution is 5.72. The van der Waals surface area contributed by atoms with Crippen molar-refractivity contribution in [1.29, 1.82) is 0 Å². The zero-order chi connectivity index (χ0) is 30.4. The molecule has 0 aliphatic carbocycles. The van der Waals surface area contributed by atoms with Gasteiger partial charge in [-0.05, 0) is 80.8 Å². The SMILES string of the molecule is CCOC(Cc1ccc(OCCN(CCCCC(C)(F)F)C(=O)Oc2ccc(Oc3ccccc3)cc2)cc1)C(=O)O. The summed E-state index contributed by atoms with van der Waals surface area (Å²) in [5.74, 6) is -1.69. The molecule has 10 heteroatoms. The second-order valence-corrected chi connectivity index (χ2v) is 9.75. The average Bonchev–Trinajstić information content (AvgIpc) is 2.96. The van der Waals surface area contributed by atoms with Crippen LogP contribution in [-0.2, 0) is 16.0 Å². The maximum absolute atomic E-state index is 13.3. The van der Waals surface area contributed by atoms with Crippen molar-refractivity contribution in [3.05, 3.63) is 84.4 Å². The Balaban J connectivity index is 1.55. The summed E-state index contributed by atoms with van der Waals surface area (Å²) in [4.78, 5) is 25.7. The second-order valence-electron chi connectivity index (χ2n) is 9.75. The number of alkyl halides is 2. The zero-order valence-corrected chi connectivity index (χ0v) is 23.8. The van der Waals surface area contributed by atoms with Crippen LogP contribution in [0.3, 0.4) is 0 Å². The summed E-state index contributed by atoms with van der Waals surface area (Å²) in [6, 6.07) is 22.8. The number of carbonyl (C=O) groups excluding carboxylic acids is 1. The van der Waals surface area contributed by atoms with Gasteiger partial charge in [0.1, 0.15) is 29.6 Å². The Hall–Kier alpha value is -4.18. The molecule has 0 aliphatic rings. The standard InChI is InChI=1S/C32H37F2NO7/c1-3-39-29(30(36)37)23-24-11-13-25(14-12-24)40-22-21-35(20-8-7-19-32(2,33)34)31(38)42-28-17-15-27(16-18-28)41-26-9-5-4-6-10-26/h4-6,9-18,29H,3,7-8,19-23H2,1-2H3,(H,36,37). The summed E-state index contributed by atoms with van der Waals surface area (Å²) < 4.78 is 48.9. The van der Waals surface area contributed by atoms with Crippen LogP contribution in [0.1, 0.15) is 38.7 Å². The van der Waals surface area contributed by atoms with Gasteiger partial charge in [0, 0.05) is 26.0 Å². The largest absolute Gasteiger partial charge is 0.492 e. The maximum atomic E-state index is 13.3. The van der Waals surface area contributed by atoms with Crippen LogP contribution in [-0.4, -0.2) is 60.4 Å². The molecule has 0 fully saturated rings. The number of carboxylic acid groups (broad SMARTS) is 1. The van der Waals surface area contributed by atoms with Crippen LogP contribution in [0.25, 0.3) is 0 Å². The van der Waals surface area contributed by atoms with E-state index in [4.69, 9.17) is 18.9 Å². The number of carbonyl (C=O) groups is 2. The molecule has 0 aromatic heterocycles. The first kappa shape index (κ1) is 32.3. The Morgan fingerprint density at radius 2 is 1.48 bits per heavy atom. The Morgan fingerprint density at radius 1 is 0.857 bits per heavy atom. The molecule has 0 saturated carbocycles. The van der Waals surface area contributed by atoms with Crippen LogP contribution in [0.5, 0.6) is 23.0 Å². The minimum Gasteiger partial charge on any atom is -0.492 e. The number of halogens is 2. The quantitative estimate of drug-likeness (QED) is 0.167. The molecular weight excluding hydrogens is 548 g/mol. The van der Waals surface area contributed by atoms with E-state index in [0.717, 1.165) is 12.5 Å². The summed E-state index contributed by atoms with van der Waals surface area (Å²) >= 11 is 0. The highest BCUT2D eigenvalue weighted by atomic mass is 19.3. The molecule has 0 saturated heterocycles. The second kappa shape index (κ2) is 16.3. The number of aliphatic carboxylic acids is 1. The van der Waals surface area contributed by atoms with Gasteiger partial charge in [-0.25, -0.2) is 18.4 Å². The summed E-state index contributed by atoms with van der Waals surface area (Å²) in [7, 11) is 0. The lowest BCUT2D eigenvalue weighted by atomic mass is 10.1. The highest BCUT2D eigenvalue weighted by Gasteiger charge is 2.22. The summed E-state index contributed by atoms with van der Waals surface area (Å²) in [5.41, 5.74) is 0.779. The van der Waals surface area contributed by atoms with Crippen LogP contribution in [0.15, 0.2) is 78.9 Å². The molecule has 1 N–H and O–H groups in total. The minimum atomic E-state index is -2.77. The molecule has 3 aromatic carbocycles. The van der Waals surface area contributed by atoms with Crippen molar-refractivity contribution in [2.24, 2.45) is 0 Å². The Kier molecular flexibility index (Phi) is 12.6. The third-order valence-electron chi connectivity index (χ3n) is 6.18. The average molecular weight is 586 g/mol. The highest BCUT2D eigenvalue weighted by Crippen LogP contribution is 2.24. The summed E-state index contributed by atoms with van der Waals surface area (Å²) in [6.45, 7) is 3.44. The topological polar surface area (TPSA) is 94.5 Å². The van der Waals surface area contributed by atoms with Gasteiger partial charge in [-0.2, -0.15) is 0 Å². The van der Waals surface area contributed by atoms with E-state index in [1.54, 1.807) is 55.5 Å². The molecule has 0 aliphatic heterocycles. The molecule has 3 rings (SSSR count). The lowest BCUT2D eigenvalue weighted by Crippen LogP contribution is -2.37. The van der Waals surface area contributed by atoms with Crippen LogP contribution in [0.4, 0.5) is 13.6 Å². The van der Waals surface area contributed by atoms with Gasteiger partial charge in [0.25, 0.3) is 0 Å². The van der Waals surface area contributed by atoms with Crippen LogP contribution >= 0.6 is 0 Å². The first-order valence-electron chi connectivity index (χ1n) is 13.9. The van der Waals surface area contributed by atoms with Gasteiger partial charge in [0.15, 0.2) is 6.10 Å². The molecule has 3 aromatic rings. The normalized spacial score (nSPS) is 11.9. The molecule has 1 amide bonds. The van der Waals surface area contributed by atoms with Crippen molar-refractivity contribution in [1.82, 2.24) is 4.90 Å². The number of para-hydroxylation sites is 1. The van der Waals surface area contributed by atoms with E-state index in [0.29, 0.717) is 36.0 Å². The number of ether oxygens (including phenoxy) is 4. The number of unbranched alkanes of at least 4 members (excludes halogenated alkanes) is 1. The number of benzene rings is 3. The van der Waals surface area contributed by atoms with Crippen molar-refractivity contribution < 1.29 is 42.4 Å². The molecule has 1 atom stereocenters. The molecule has 0 heterocycles. The van der Waals surface area contributed by atoms with E-state index < -0.39 is 24.1 Å². The first-order chi connectivity index (χ1) is 20.1. The van der Waals surface area contributed by atoms with E-state index in [2.05, 4.69) is 0 Å². The fraction of sp³-hybridized carbons (Fsp3) is 0.375. The smallest absolute Gasteiger partial charge is 0.415 e. The lowest BCUT2D eigenvalue weighted by Gasteiger charge is -2.22. The van der Waals surface area contributed by atoms with Gasteiger partial charge in [0.05, 0.1) is 6.54 Å². The zero-order valence-electron chi connectivity index (χ0n) is 23.8. The van der Waals surface area contributed by atoms with E-state index >= 15 is 0 Å². The predicted octanol–water partition coefficient (Wildman–Crippen LogP) is 7.22. The summed E-state index contributed by atoms with van der Waals surface area (Å²) in [6.07, 6.45) is -0.972. The number of hydrogen-bond donors (Lipinski definition) is 1. The van der Waals surface area contributed by atoms with Crippen molar-refractivity contribution >= 4 is 12.1 Å². The Labute approximate surface area is 244 Å². The number of carboxylic acids is 1. The summed E-state index contributed by atoms with van der Waals surface area (Å²) in [5, 5.41) is 9.28. The molecule has 42 heavy (non-hydrogen) atoms. The fourth-order valence-corrected chi connectivity index (χ4v) is 4.03. The van der Waals surface area contributed by atoms with E-state index in [9.17, 15) is 23.5 Å². The third kappa shape index (κ3) is 11.7. The van der Waals surface area contributed by atoms with Crippen molar-refractivity contribution in [3.8, 4) is 23.0 Å². The van der Waals surface area contributed by atoms with Gasteiger partial charge in [-0.3, -0.25) is 0 Å². The third-order valence-corrected chi connectivity index (χ3v) is 6.18. The van der Waals surface area contributed by atoms with Gasteiger partial charge in [-0.1, -0.05) is 30.3 Å². The van der Waals surface area contributed by atoms with Crippen LogP contribution in [0.2, 0.25) is 0 Å².